The van der Waals surface area contributed by atoms with Gasteiger partial charge in [0.25, 0.3) is 0 Å². The molecule has 0 spiro atoms. The van der Waals surface area contributed by atoms with Crippen molar-refractivity contribution in [2.75, 3.05) is 18.6 Å². The van der Waals surface area contributed by atoms with Gasteiger partial charge >= 0.3 is 0 Å². The highest BCUT2D eigenvalue weighted by Gasteiger charge is 2.09. The van der Waals surface area contributed by atoms with Gasteiger partial charge in [0.1, 0.15) is 22.1 Å². The fourth-order valence-electron chi connectivity index (χ4n) is 1.58. The third-order valence-electron chi connectivity index (χ3n) is 2.62. The van der Waals surface area contributed by atoms with Crippen molar-refractivity contribution in [3.8, 4) is 0 Å². The molecule has 0 saturated carbocycles. The average molecular weight is 301 g/mol. The lowest BCUT2D eigenvalue weighted by Crippen LogP contribution is -2.42. The molecule has 0 radical (unpaired) electrons. The molecule has 1 rings (SSSR count). The van der Waals surface area contributed by atoms with Gasteiger partial charge in [-0.25, -0.2) is 13.4 Å². The summed E-state index contributed by atoms with van der Waals surface area (Å²) in [4.78, 5) is 4.39. The third-order valence-corrected chi connectivity index (χ3v) is 3.60. The molecule has 0 aromatic carbocycles. The molecule has 0 amide bonds. The van der Waals surface area contributed by atoms with Crippen molar-refractivity contribution in [3.05, 3.63) is 24.2 Å². The second kappa shape index (κ2) is 7.94. The van der Waals surface area contributed by atoms with Crippen molar-refractivity contribution in [1.29, 1.82) is 0 Å². The lowest BCUT2D eigenvalue weighted by Gasteiger charge is -2.17. The van der Waals surface area contributed by atoms with Gasteiger partial charge in [0.05, 0.1) is 12.0 Å². The van der Waals surface area contributed by atoms with Crippen LogP contribution in [0.1, 0.15) is 26.0 Å². The van der Waals surface area contributed by atoms with Gasteiger partial charge in [-0.15, -0.1) is 0 Å². The van der Waals surface area contributed by atoms with Crippen LogP contribution < -0.4 is 10.6 Å². The van der Waals surface area contributed by atoms with E-state index in [4.69, 9.17) is 4.42 Å². The normalized spacial score (nSPS) is 14.1. The maximum Gasteiger partial charge on any atom is 0.191 e. The first-order valence-corrected chi connectivity index (χ1v) is 8.71. The van der Waals surface area contributed by atoms with Gasteiger partial charge < -0.3 is 15.1 Å². The average Bonchev–Trinajstić information content (AvgIpc) is 2.86. The number of nitrogens with one attached hydrogen (secondary N) is 2. The van der Waals surface area contributed by atoms with Crippen LogP contribution in [-0.2, 0) is 16.4 Å². The molecule has 6 nitrogen and oxygen atoms in total. The van der Waals surface area contributed by atoms with Crippen molar-refractivity contribution in [3.63, 3.8) is 0 Å². The number of nitrogens with zero attached hydrogens (tertiary/aromatic N) is 1. The van der Waals surface area contributed by atoms with Gasteiger partial charge in [-0.3, -0.25) is 0 Å². The summed E-state index contributed by atoms with van der Waals surface area (Å²) in [6.45, 7) is 5.10. The minimum atomic E-state index is -2.93. The quantitative estimate of drug-likeness (QED) is 0.583. The number of aliphatic imine (C=N–C) groups is 1. The number of sulfone groups is 1. The zero-order valence-electron chi connectivity index (χ0n) is 12.2. The second-order valence-electron chi connectivity index (χ2n) is 4.74. The molecule has 0 aliphatic heterocycles. The van der Waals surface area contributed by atoms with E-state index in [2.05, 4.69) is 15.6 Å². The minimum Gasteiger partial charge on any atom is -0.467 e. The van der Waals surface area contributed by atoms with E-state index in [0.717, 1.165) is 12.3 Å². The predicted octanol–water partition coefficient (Wildman–Crippen LogP) is 1.16. The molecule has 1 heterocycles. The van der Waals surface area contributed by atoms with Crippen LogP contribution in [0.3, 0.4) is 0 Å². The Hall–Kier alpha value is -1.50. The van der Waals surface area contributed by atoms with Crippen LogP contribution in [0.25, 0.3) is 0 Å². The highest BCUT2D eigenvalue weighted by molar-refractivity contribution is 7.90. The Bertz CT molecular complexity index is 509. The van der Waals surface area contributed by atoms with Crippen LogP contribution in [-0.4, -0.2) is 39.0 Å². The van der Waals surface area contributed by atoms with Crippen molar-refractivity contribution in [2.24, 2.45) is 4.99 Å². The number of guanidine groups is 1. The molecule has 0 fully saturated rings. The highest BCUT2D eigenvalue weighted by Crippen LogP contribution is 2.01. The van der Waals surface area contributed by atoms with Gasteiger partial charge in [0.15, 0.2) is 5.96 Å². The molecule has 114 valence electrons. The molecule has 20 heavy (non-hydrogen) atoms. The number of furan rings is 1. The Morgan fingerprint density at radius 2 is 2.25 bits per heavy atom. The van der Waals surface area contributed by atoms with E-state index in [0.29, 0.717) is 18.9 Å². The number of hydrogen-bond donors (Lipinski definition) is 2. The Morgan fingerprint density at radius 3 is 2.80 bits per heavy atom. The van der Waals surface area contributed by atoms with Gasteiger partial charge in [0.2, 0.25) is 0 Å². The van der Waals surface area contributed by atoms with Crippen LogP contribution in [0.5, 0.6) is 0 Å². The molecule has 7 heteroatoms. The fraction of sp³-hybridized carbons (Fsp3) is 0.615. The lowest BCUT2D eigenvalue weighted by atomic mass is 10.3. The summed E-state index contributed by atoms with van der Waals surface area (Å²) in [5, 5.41) is 6.31. The van der Waals surface area contributed by atoms with Crippen LogP contribution >= 0.6 is 0 Å². The van der Waals surface area contributed by atoms with Crippen molar-refractivity contribution in [2.45, 2.75) is 32.9 Å². The van der Waals surface area contributed by atoms with E-state index in [1.54, 1.807) is 6.26 Å². The van der Waals surface area contributed by atoms with E-state index >= 15 is 0 Å². The molecular weight excluding hydrogens is 278 g/mol. The first-order chi connectivity index (χ1) is 9.40. The molecule has 1 aromatic heterocycles. The van der Waals surface area contributed by atoms with Crippen molar-refractivity contribution in [1.82, 2.24) is 10.6 Å². The van der Waals surface area contributed by atoms with Gasteiger partial charge in [-0.1, -0.05) is 0 Å². The lowest BCUT2D eigenvalue weighted by molar-refractivity contribution is 0.511. The van der Waals surface area contributed by atoms with Gasteiger partial charge in [-0.2, -0.15) is 0 Å². The summed E-state index contributed by atoms with van der Waals surface area (Å²) in [6, 6.07) is 3.71. The smallest absolute Gasteiger partial charge is 0.191 e. The summed E-state index contributed by atoms with van der Waals surface area (Å²) in [6.07, 6.45) is 3.40. The zero-order valence-corrected chi connectivity index (χ0v) is 13.0. The first kappa shape index (κ1) is 16.6. The number of rotatable bonds is 7. The van der Waals surface area contributed by atoms with Gasteiger partial charge in [0, 0.05) is 18.8 Å². The Balaban J connectivity index is 2.51. The summed E-state index contributed by atoms with van der Waals surface area (Å²) in [5.74, 6) is 1.61. The predicted molar refractivity (Wildman–Crippen MR) is 80.4 cm³/mol. The molecule has 0 saturated heterocycles. The van der Waals surface area contributed by atoms with E-state index in [1.165, 1.54) is 6.26 Å². The molecule has 1 unspecified atom stereocenters. The molecule has 2 N–H and O–H groups in total. The summed E-state index contributed by atoms with van der Waals surface area (Å²) < 4.78 is 27.5. The highest BCUT2D eigenvalue weighted by atomic mass is 32.2. The zero-order chi connectivity index (χ0) is 15.0. The molecule has 0 aliphatic carbocycles. The largest absolute Gasteiger partial charge is 0.467 e. The van der Waals surface area contributed by atoms with Gasteiger partial charge in [-0.05, 0) is 32.4 Å². The van der Waals surface area contributed by atoms with Crippen LogP contribution in [0, 0.1) is 0 Å². The summed E-state index contributed by atoms with van der Waals surface area (Å²) in [5.41, 5.74) is 0. The van der Waals surface area contributed by atoms with E-state index in [9.17, 15) is 8.42 Å². The van der Waals surface area contributed by atoms with Crippen LogP contribution in [0.4, 0.5) is 0 Å². The van der Waals surface area contributed by atoms with Crippen molar-refractivity contribution < 1.29 is 12.8 Å². The van der Waals surface area contributed by atoms with Crippen LogP contribution in [0.15, 0.2) is 27.8 Å². The standard InChI is InChI=1S/C13H23N3O3S/c1-4-14-13(15-10-12-6-5-8-19-12)16-11(2)7-9-20(3,17)18/h5-6,8,11H,4,7,9-10H2,1-3H3,(H2,14,15,16). The summed E-state index contributed by atoms with van der Waals surface area (Å²) in [7, 11) is -2.93. The maximum atomic E-state index is 11.1. The molecular formula is C13H23N3O3S. The maximum absolute atomic E-state index is 11.1. The summed E-state index contributed by atoms with van der Waals surface area (Å²) >= 11 is 0. The molecule has 1 aromatic rings. The van der Waals surface area contributed by atoms with E-state index in [-0.39, 0.29) is 11.8 Å². The van der Waals surface area contributed by atoms with E-state index in [1.807, 2.05) is 26.0 Å². The SMILES string of the molecule is CCNC(=NCc1ccco1)NC(C)CCS(C)(=O)=O. The monoisotopic (exact) mass is 301 g/mol. The van der Waals surface area contributed by atoms with Crippen molar-refractivity contribution >= 4 is 15.8 Å². The van der Waals surface area contributed by atoms with E-state index < -0.39 is 9.84 Å². The molecule has 1 atom stereocenters. The van der Waals surface area contributed by atoms with Crippen LogP contribution in [0.2, 0.25) is 0 Å². The minimum absolute atomic E-state index is 0.0270. The first-order valence-electron chi connectivity index (χ1n) is 6.65. The molecule has 0 aliphatic rings. The Labute approximate surface area is 120 Å². The molecule has 0 bridgehead atoms. The number of hydrogen-bond acceptors (Lipinski definition) is 4. The third kappa shape index (κ3) is 7.18. The Kier molecular flexibility index (Phi) is 6.57. The topological polar surface area (TPSA) is 83.7 Å². The second-order valence-corrected chi connectivity index (χ2v) is 7.00. The fourth-order valence-corrected chi connectivity index (χ4v) is 2.36. The Morgan fingerprint density at radius 1 is 1.50 bits per heavy atom.